The Morgan fingerprint density at radius 1 is 0.726 bits per heavy atom. The molecule has 3 aromatic carbocycles. The number of thiazole rings is 1. The van der Waals surface area contributed by atoms with E-state index in [9.17, 15) is 23.6 Å². The number of halogens is 3. The number of benzene rings is 3. The number of carbonyl (C=O) groups excluding carboxylic acids is 4. The van der Waals surface area contributed by atoms with Crippen molar-refractivity contribution in [3.63, 3.8) is 0 Å². The van der Waals surface area contributed by atoms with E-state index in [1.807, 2.05) is 56.5 Å². The van der Waals surface area contributed by atoms with E-state index in [4.69, 9.17) is 19.2 Å². The summed E-state index contributed by atoms with van der Waals surface area (Å²) in [5, 5.41) is 6.38. The van der Waals surface area contributed by atoms with Gasteiger partial charge in [-0.1, -0.05) is 33.8 Å². The second kappa shape index (κ2) is 19.7. The number of hydrogen-bond acceptors (Lipinski definition) is 11. The van der Waals surface area contributed by atoms with Crippen LogP contribution in [0.1, 0.15) is 88.2 Å². The number of fused-ring (bicyclic) bond motifs is 5. The van der Waals surface area contributed by atoms with E-state index in [0.29, 0.717) is 82.0 Å². The molecule has 3 aliphatic heterocycles. The van der Waals surface area contributed by atoms with Gasteiger partial charge in [0.2, 0.25) is 18.0 Å². The predicted molar refractivity (Wildman–Crippen MR) is 264 cm³/mol. The molecule has 2 saturated heterocycles. The molecule has 4 amide bonds. The first-order valence-corrected chi connectivity index (χ1v) is 24.9. The van der Waals surface area contributed by atoms with Gasteiger partial charge in [-0.3, -0.25) is 14.2 Å². The summed E-state index contributed by atoms with van der Waals surface area (Å²) in [6.45, 7) is 8.36. The Kier molecular flexibility index (Phi) is 13.2. The molecule has 2 fully saturated rings. The van der Waals surface area contributed by atoms with E-state index in [1.54, 1.807) is 34.5 Å². The molecular weight excluding hydrogens is 966 g/mol. The molecule has 4 aromatic heterocycles. The summed E-state index contributed by atoms with van der Waals surface area (Å²) in [5.74, 6) is -1.64. The fourth-order valence-corrected chi connectivity index (χ4v) is 11.1. The first kappa shape index (κ1) is 48.9. The number of nitrogens with one attached hydrogen (secondary N) is 4. The zero-order valence-corrected chi connectivity index (χ0v) is 41.6. The number of carbonyl (C=O) groups is 4. The van der Waals surface area contributed by atoms with Gasteiger partial charge in [-0.05, 0) is 80.0 Å². The van der Waals surface area contributed by atoms with Crippen LogP contribution in [0.2, 0.25) is 0 Å². The van der Waals surface area contributed by atoms with Crippen LogP contribution in [0.4, 0.5) is 22.8 Å². The second-order valence-corrected chi connectivity index (χ2v) is 20.2. The van der Waals surface area contributed by atoms with Crippen molar-refractivity contribution in [1.29, 1.82) is 0 Å². The van der Waals surface area contributed by atoms with Gasteiger partial charge in [0, 0.05) is 47.4 Å². The lowest BCUT2D eigenvalue weighted by atomic mass is 10.0. The molecule has 7 heterocycles. The number of likely N-dealkylation sites (tertiary alicyclic amines) is 2. The minimum absolute atomic E-state index is 0.114. The molecule has 380 valence electrons. The molecule has 17 nitrogen and oxygen atoms in total. The summed E-state index contributed by atoms with van der Waals surface area (Å²) in [5.41, 5.74) is 3.88. The Labute approximate surface area is 421 Å². The average Bonchev–Trinajstić information content (AvgIpc) is 4.23. The Morgan fingerprint density at radius 3 is 1.90 bits per heavy atom. The van der Waals surface area contributed by atoms with Crippen LogP contribution in [0.25, 0.3) is 55.2 Å². The quantitative estimate of drug-likeness (QED) is 0.0913. The molecule has 4 N–H and O–H groups in total. The van der Waals surface area contributed by atoms with Crippen LogP contribution in [-0.2, 0) is 19.1 Å². The number of rotatable bonds is 12. The number of aromatic nitrogens is 6. The lowest BCUT2D eigenvalue weighted by molar-refractivity contribution is -0.136. The number of aromatic amines is 2. The van der Waals surface area contributed by atoms with Gasteiger partial charge in [0.25, 0.3) is 0 Å². The SMILES string of the molecule is COC(=O)N[C@H](C(=O)N1CCC[C@H]1c1ncc(-c2cc(F)c3c(c2)OC(c2cnc(-c4ccc(F)cc4F)s2)n2c-3cc3cc(-c4cnc([C@@H]5CCCN5C(=O)[C@@H](NC(=O)OC)C(C)C)[nH]4)ccc32)[nH]1)C(C)C. The average molecular weight is 1020 g/mol. The van der Waals surface area contributed by atoms with E-state index in [2.05, 4.69) is 30.6 Å². The Morgan fingerprint density at radius 2 is 1.33 bits per heavy atom. The zero-order valence-electron chi connectivity index (χ0n) is 40.8. The summed E-state index contributed by atoms with van der Waals surface area (Å²) in [6.07, 6.45) is 5.33. The molecule has 1 unspecified atom stereocenters. The molecule has 0 spiro atoms. The van der Waals surface area contributed by atoms with Crippen molar-refractivity contribution in [2.45, 2.75) is 83.8 Å². The molecule has 0 bridgehead atoms. The van der Waals surface area contributed by atoms with Crippen LogP contribution in [0.3, 0.4) is 0 Å². The highest BCUT2D eigenvalue weighted by Gasteiger charge is 2.40. The number of imidazole rings is 2. The topological polar surface area (TPSA) is 202 Å². The van der Waals surface area contributed by atoms with Gasteiger partial charge in [-0.15, -0.1) is 11.3 Å². The summed E-state index contributed by atoms with van der Waals surface area (Å²) in [6, 6.07) is 11.7. The van der Waals surface area contributed by atoms with Gasteiger partial charge in [-0.25, -0.2) is 37.7 Å². The third-order valence-corrected chi connectivity index (χ3v) is 14.9. The standard InChI is InChI=1S/C52H53F3N10O7S/c1-25(2)43(61-51(68)70-5)48(66)63-15-7-9-37(63)45-56-22-34(59-45)27-11-14-36-29(17-27)19-39-42-33(55)18-28(20-40(42)72-50(65(36)39)41-24-58-47(73-41)31-13-12-30(53)21-32(31)54)35-23-57-46(60-35)38-10-8-16-64(38)49(67)44(26(3)4)62-52(69)71-6/h11-14,17-26,37-38,43-44,50H,7-10,15-16H2,1-6H3,(H,56,59)(H,57,60)(H,61,68)(H,62,69)/t37-,38-,43-,44-,50?/m0/s1. The summed E-state index contributed by atoms with van der Waals surface area (Å²) >= 11 is 1.16. The maximum Gasteiger partial charge on any atom is 0.407 e. The number of methoxy groups -OCH3 is 2. The van der Waals surface area contributed by atoms with Gasteiger partial charge >= 0.3 is 12.2 Å². The molecule has 7 aromatic rings. The van der Waals surface area contributed by atoms with E-state index < -0.39 is 54.0 Å². The Hall–Kier alpha value is -7.68. The number of ether oxygens (including phenoxy) is 3. The van der Waals surface area contributed by atoms with Crippen molar-refractivity contribution in [3.05, 3.63) is 107 Å². The predicted octanol–water partition coefficient (Wildman–Crippen LogP) is 9.66. The monoisotopic (exact) mass is 1020 g/mol. The summed E-state index contributed by atoms with van der Waals surface area (Å²) in [7, 11) is 2.50. The third kappa shape index (κ3) is 9.14. The van der Waals surface area contributed by atoms with Crippen LogP contribution in [0, 0.1) is 29.3 Å². The van der Waals surface area contributed by atoms with Gasteiger partial charge in [0.1, 0.15) is 51.9 Å². The van der Waals surface area contributed by atoms with Crippen molar-refractivity contribution in [1.82, 2.24) is 49.9 Å². The fourth-order valence-electron chi connectivity index (χ4n) is 10.2. The van der Waals surface area contributed by atoms with Gasteiger partial charge < -0.3 is 44.6 Å². The summed E-state index contributed by atoms with van der Waals surface area (Å²) in [4.78, 5) is 76.7. The molecule has 73 heavy (non-hydrogen) atoms. The molecule has 0 radical (unpaired) electrons. The molecular formula is C52H53F3N10O7S. The molecule has 5 atom stereocenters. The first-order chi connectivity index (χ1) is 35.1. The maximum atomic E-state index is 17.0. The van der Waals surface area contributed by atoms with E-state index in [0.717, 1.165) is 34.8 Å². The Bertz CT molecular complexity index is 3280. The van der Waals surface area contributed by atoms with Gasteiger partial charge in [0.15, 0.2) is 0 Å². The van der Waals surface area contributed by atoms with Gasteiger partial charge in [-0.2, -0.15) is 0 Å². The highest BCUT2D eigenvalue weighted by Crippen LogP contribution is 2.49. The smallest absolute Gasteiger partial charge is 0.407 e. The first-order valence-electron chi connectivity index (χ1n) is 24.1. The van der Waals surface area contributed by atoms with E-state index in [1.165, 1.54) is 32.4 Å². The van der Waals surface area contributed by atoms with E-state index >= 15 is 8.78 Å². The zero-order chi connectivity index (χ0) is 51.4. The number of nitrogens with zero attached hydrogens (tertiary/aromatic N) is 6. The lowest BCUT2D eigenvalue weighted by Crippen LogP contribution is -2.51. The van der Waals surface area contributed by atoms with Crippen LogP contribution in [0.15, 0.2) is 73.2 Å². The van der Waals surface area contributed by atoms with Crippen LogP contribution in [0.5, 0.6) is 5.75 Å². The minimum atomic E-state index is -0.911. The highest BCUT2D eigenvalue weighted by atomic mass is 32.1. The van der Waals surface area contributed by atoms with Gasteiger partial charge in [0.05, 0.1) is 71.7 Å². The normalized spacial score (nSPS) is 18.2. The molecule has 3 aliphatic rings. The summed E-state index contributed by atoms with van der Waals surface area (Å²) < 4.78 is 64.3. The van der Waals surface area contributed by atoms with Crippen LogP contribution in [-0.4, -0.2) is 103 Å². The van der Waals surface area contributed by atoms with Crippen molar-refractivity contribution in [2.24, 2.45) is 11.8 Å². The Balaban J connectivity index is 0.994. The van der Waals surface area contributed by atoms with Crippen molar-refractivity contribution >= 4 is 46.2 Å². The number of alkyl carbamates (subject to hydrolysis) is 2. The molecule has 21 heteroatoms. The third-order valence-electron chi connectivity index (χ3n) is 13.8. The molecule has 10 rings (SSSR count). The number of amides is 4. The molecule has 0 saturated carbocycles. The lowest BCUT2D eigenvalue weighted by Gasteiger charge is -2.30. The van der Waals surface area contributed by atoms with Crippen molar-refractivity contribution in [2.75, 3.05) is 27.3 Å². The second-order valence-electron chi connectivity index (χ2n) is 19.1. The largest absolute Gasteiger partial charge is 0.464 e. The number of hydrogen-bond donors (Lipinski definition) is 4. The minimum Gasteiger partial charge on any atom is -0.464 e. The fraction of sp³-hybridized carbons (Fsp3) is 0.365. The van der Waals surface area contributed by atoms with Crippen LogP contribution < -0.4 is 15.4 Å². The highest BCUT2D eigenvalue weighted by molar-refractivity contribution is 7.15. The van der Waals surface area contributed by atoms with Crippen molar-refractivity contribution in [3.8, 4) is 50.1 Å². The number of H-pyrrole nitrogens is 2. The van der Waals surface area contributed by atoms with E-state index in [-0.39, 0.29) is 46.6 Å². The van der Waals surface area contributed by atoms with Crippen molar-refractivity contribution < 1.29 is 46.6 Å². The maximum absolute atomic E-state index is 17.0. The van der Waals surface area contributed by atoms with Crippen LogP contribution >= 0.6 is 11.3 Å². The molecule has 0 aliphatic carbocycles.